The van der Waals surface area contributed by atoms with Gasteiger partial charge in [0.05, 0.1) is 0 Å². The lowest BCUT2D eigenvalue weighted by atomic mass is 10.1. The third-order valence-electron chi connectivity index (χ3n) is 4.24. The van der Waals surface area contributed by atoms with Crippen LogP contribution in [0.25, 0.3) is 0 Å². The van der Waals surface area contributed by atoms with Crippen molar-refractivity contribution < 1.29 is 13.9 Å². The second-order valence-electron chi connectivity index (χ2n) is 6.20. The van der Waals surface area contributed by atoms with E-state index in [0.717, 1.165) is 17.0 Å². The molecule has 0 unspecified atom stereocenters. The number of amides is 1. The number of hydrogen-bond acceptors (Lipinski definition) is 3. The molecule has 0 aliphatic carbocycles. The summed E-state index contributed by atoms with van der Waals surface area (Å²) in [5, 5.41) is 0. The molecule has 0 N–H and O–H groups in total. The first kappa shape index (κ1) is 17.8. The van der Waals surface area contributed by atoms with E-state index in [1.54, 1.807) is 17.0 Å². The molecule has 0 bridgehead atoms. The molecule has 1 amide bonds. The van der Waals surface area contributed by atoms with E-state index in [4.69, 9.17) is 9.15 Å². The predicted octanol–water partition coefficient (Wildman–Crippen LogP) is 5.14. The van der Waals surface area contributed by atoms with E-state index in [1.807, 2.05) is 69.3 Å². The number of benzene rings is 2. The first-order valence-corrected chi connectivity index (χ1v) is 8.74. The summed E-state index contributed by atoms with van der Waals surface area (Å²) in [6, 6.07) is 19.1. The van der Waals surface area contributed by atoms with Crippen molar-refractivity contribution in [1.29, 1.82) is 0 Å². The minimum Gasteiger partial charge on any atom is -0.486 e. The molecule has 4 heteroatoms. The van der Waals surface area contributed by atoms with Gasteiger partial charge >= 0.3 is 0 Å². The van der Waals surface area contributed by atoms with Crippen molar-refractivity contribution in [1.82, 2.24) is 0 Å². The number of furan rings is 1. The first-order valence-electron chi connectivity index (χ1n) is 8.74. The molecule has 26 heavy (non-hydrogen) atoms. The Balaban J connectivity index is 1.70. The molecule has 1 heterocycles. The molecule has 1 aromatic heterocycles. The van der Waals surface area contributed by atoms with Crippen LogP contribution in [0.2, 0.25) is 0 Å². The molecule has 0 aliphatic heterocycles. The lowest BCUT2D eigenvalue weighted by Crippen LogP contribution is -2.30. The molecule has 0 spiro atoms. The number of carbonyl (C=O) groups excluding carboxylic acids is 1. The topological polar surface area (TPSA) is 42.7 Å². The lowest BCUT2D eigenvalue weighted by Gasteiger charge is -2.21. The summed E-state index contributed by atoms with van der Waals surface area (Å²) in [7, 11) is 0. The maximum absolute atomic E-state index is 12.8. The highest BCUT2D eigenvalue weighted by atomic mass is 16.5. The second-order valence-corrected chi connectivity index (χ2v) is 6.20. The molecular weight excluding hydrogens is 326 g/mol. The van der Waals surface area contributed by atoms with E-state index in [0.29, 0.717) is 18.1 Å². The molecule has 0 radical (unpaired) electrons. The van der Waals surface area contributed by atoms with Gasteiger partial charge in [-0.2, -0.15) is 0 Å². The number of nitrogens with zero attached hydrogens (tertiary/aromatic N) is 1. The summed E-state index contributed by atoms with van der Waals surface area (Å²) in [6.45, 7) is 6.83. The molecule has 3 rings (SSSR count). The Hall–Kier alpha value is -3.01. The largest absolute Gasteiger partial charge is 0.486 e. The lowest BCUT2D eigenvalue weighted by molar-refractivity contribution is 0.0957. The molecule has 0 saturated carbocycles. The van der Waals surface area contributed by atoms with Gasteiger partial charge in [0.2, 0.25) is 0 Å². The van der Waals surface area contributed by atoms with Crippen molar-refractivity contribution in [3.63, 3.8) is 0 Å². The van der Waals surface area contributed by atoms with Gasteiger partial charge < -0.3 is 14.1 Å². The minimum absolute atomic E-state index is 0.150. The summed E-state index contributed by atoms with van der Waals surface area (Å²) in [4.78, 5) is 14.6. The zero-order chi connectivity index (χ0) is 18.5. The van der Waals surface area contributed by atoms with E-state index in [-0.39, 0.29) is 12.5 Å². The van der Waals surface area contributed by atoms with Crippen LogP contribution >= 0.6 is 0 Å². The number of para-hydroxylation sites is 1. The van der Waals surface area contributed by atoms with Crippen LogP contribution in [-0.4, -0.2) is 12.5 Å². The van der Waals surface area contributed by atoms with Crippen molar-refractivity contribution in [2.45, 2.75) is 27.4 Å². The van der Waals surface area contributed by atoms with Crippen molar-refractivity contribution in [2.24, 2.45) is 0 Å². The molecule has 0 fully saturated rings. The Kier molecular flexibility index (Phi) is 5.42. The van der Waals surface area contributed by atoms with E-state index in [1.165, 1.54) is 5.56 Å². The number of rotatable bonds is 6. The monoisotopic (exact) mass is 349 g/mol. The third-order valence-corrected chi connectivity index (χ3v) is 4.24. The highest BCUT2D eigenvalue weighted by molar-refractivity contribution is 6.04. The zero-order valence-electron chi connectivity index (χ0n) is 15.4. The van der Waals surface area contributed by atoms with Crippen LogP contribution in [0.4, 0.5) is 5.69 Å². The molecule has 4 nitrogen and oxygen atoms in total. The fourth-order valence-electron chi connectivity index (χ4n) is 2.78. The summed E-state index contributed by atoms with van der Waals surface area (Å²) >= 11 is 0. The average Bonchev–Trinajstić information content (AvgIpc) is 3.12. The van der Waals surface area contributed by atoms with Crippen molar-refractivity contribution in [3.05, 3.63) is 83.3 Å². The Labute approximate surface area is 154 Å². The number of ether oxygens (including phenoxy) is 1. The van der Waals surface area contributed by atoms with Gasteiger partial charge in [-0.15, -0.1) is 0 Å². The number of anilines is 1. The molecule has 0 saturated heterocycles. The Bertz CT molecular complexity index is 880. The van der Waals surface area contributed by atoms with E-state index in [2.05, 4.69) is 0 Å². The van der Waals surface area contributed by atoms with Crippen LogP contribution in [-0.2, 0) is 6.61 Å². The third kappa shape index (κ3) is 3.97. The first-order chi connectivity index (χ1) is 12.6. The van der Waals surface area contributed by atoms with Crippen molar-refractivity contribution in [3.8, 4) is 5.75 Å². The van der Waals surface area contributed by atoms with E-state index >= 15 is 0 Å². The van der Waals surface area contributed by atoms with Crippen molar-refractivity contribution in [2.75, 3.05) is 11.4 Å². The Morgan fingerprint density at radius 2 is 1.73 bits per heavy atom. The highest BCUT2D eigenvalue weighted by Crippen LogP contribution is 2.22. The molecule has 0 aliphatic rings. The Morgan fingerprint density at radius 1 is 1.00 bits per heavy atom. The van der Waals surface area contributed by atoms with Crippen molar-refractivity contribution >= 4 is 11.6 Å². The SMILES string of the molecule is CCN(C(=O)c1ccc(COc2ccc(C)cc2)o1)c1ccccc1C. The number of aryl methyl sites for hydroxylation is 2. The van der Waals surface area contributed by atoms with Gasteiger partial charge in [0.1, 0.15) is 18.1 Å². The normalized spacial score (nSPS) is 10.6. The molecule has 134 valence electrons. The molecule has 3 aromatic rings. The number of carbonyl (C=O) groups is 1. The van der Waals surface area contributed by atoms with Crippen LogP contribution in [0.3, 0.4) is 0 Å². The molecular formula is C22H23NO3. The van der Waals surface area contributed by atoms with Gasteiger partial charge in [0.25, 0.3) is 5.91 Å². The fraction of sp³-hybridized carbons (Fsp3) is 0.227. The van der Waals surface area contributed by atoms with Crippen LogP contribution in [0, 0.1) is 13.8 Å². The molecule has 0 atom stereocenters. The van der Waals surface area contributed by atoms with Crippen LogP contribution in [0.1, 0.15) is 34.4 Å². The summed E-state index contributed by atoms with van der Waals surface area (Å²) in [6.07, 6.45) is 0. The van der Waals surface area contributed by atoms with Gasteiger partial charge in [-0.1, -0.05) is 35.9 Å². The summed E-state index contributed by atoms with van der Waals surface area (Å²) in [5.41, 5.74) is 3.13. The maximum Gasteiger partial charge on any atom is 0.293 e. The van der Waals surface area contributed by atoms with E-state index < -0.39 is 0 Å². The molecule has 2 aromatic carbocycles. The quantitative estimate of drug-likeness (QED) is 0.619. The van der Waals surface area contributed by atoms with Gasteiger partial charge in [-0.3, -0.25) is 4.79 Å². The maximum atomic E-state index is 12.8. The number of hydrogen-bond donors (Lipinski definition) is 0. The fourth-order valence-corrected chi connectivity index (χ4v) is 2.78. The minimum atomic E-state index is -0.150. The van der Waals surface area contributed by atoms with E-state index in [9.17, 15) is 4.79 Å². The van der Waals surface area contributed by atoms with Crippen LogP contribution < -0.4 is 9.64 Å². The predicted molar refractivity (Wildman–Crippen MR) is 103 cm³/mol. The summed E-state index contributed by atoms with van der Waals surface area (Å²) in [5.74, 6) is 1.56. The van der Waals surface area contributed by atoms with Crippen LogP contribution in [0.5, 0.6) is 5.75 Å². The smallest absolute Gasteiger partial charge is 0.293 e. The summed E-state index contributed by atoms with van der Waals surface area (Å²) < 4.78 is 11.4. The average molecular weight is 349 g/mol. The van der Waals surface area contributed by atoms with Gasteiger partial charge in [-0.25, -0.2) is 0 Å². The van der Waals surface area contributed by atoms with Gasteiger partial charge in [0, 0.05) is 12.2 Å². The van der Waals surface area contributed by atoms with Crippen LogP contribution in [0.15, 0.2) is 65.1 Å². The van der Waals surface area contributed by atoms with Gasteiger partial charge in [0.15, 0.2) is 5.76 Å². The Morgan fingerprint density at radius 3 is 2.42 bits per heavy atom. The standard InChI is InChI=1S/C22H23NO3/c1-4-23(20-8-6-5-7-17(20)3)22(24)21-14-13-19(26-21)15-25-18-11-9-16(2)10-12-18/h5-14H,4,15H2,1-3H3. The second kappa shape index (κ2) is 7.91. The van der Waals surface area contributed by atoms with Gasteiger partial charge in [-0.05, 0) is 56.7 Å². The zero-order valence-corrected chi connectivity index (χ0v) is 15.4. The highest BCUT2D eigenvalue weighted by Gasteiger charge is 2.20.